The fourth-order valence-corrected chi connectivity index (χ4v) is 3.14. The molecule has 4 nitrogen and oxygen atoms in total. The zero-order chi connectivity index (χ0) is 17.3. The fraction of sp³-hybridized carbons (Fsp3) is 0.263. The molecule has 0 saturated heterocycles. The van der Waals surface area contributed by atoms with Crippen LogP contribution in [0, 0.1) is 0 Å². The molecule has 0 aliphatic carbocycles. The van der Waals surface area contributed by atoms with E-state index in [1.807, 2.05) is 12.1 Å². The van der Waals surface area contributed by atoms with Crippen LogP contribution in [0.15, 0.2) is 42.5 Å². The number of ketones is 1. The summed E-state index contributed by atoms with van der Waals surface area (Å²) in [5, 5.41) is 13.8. The van der Waals surface area contributed by atoms with E-state index >= 15 is 0 Å². The van der Waals surface area contributed by atoms with Crippen LogP contribution in [0.25, 0.3) is 0 Å². The maximum absolute atomic E-state index is 12.5. The van der Waals surface area contributed by atoms with E-state index in [1.165, 1.54) is 6.07 Å². The number of hydrogen-bond donors (Lipinski definition) is 2. The highest BCUT2D eigenvalue weighted by molar-refractivity contribution is 6.31. The number of carbonyl (C=O) groups is 2. The van der Waals surface area contributed by atoms with Crippen LogP contribution in [0.3, 0.4) is 0 Å². The third kappa shape index (κ3) is 2.95. The monoisotopic (exact) mass is 343 g/mol. The van der Waals surface area contributed by atoms with Crippen LogP contribution < -0.4 is 5.32 Å². The Balaban J connectivity index is 1.86. The Bertz CT molecular complexity index is 801. The lowest BCUT2D eigenvalue weighted by Crippen LogP contribution is -2.36. The summed E-state index contributed by atoms with van der Waals surface area (Å²) in [6.45, 7) is 2.09. The van der Waals surface area contributed by atoms with Gasteiger partial charge in [-0.2, -0.15) is 0 Å². The molecular formula is C19H18ClNO3. The maximum atomic E-state index is 12.5. The van der Waals surface area contributed by atoms with Crippen molar-refractivity contribution in [2.45, 2.75) is 31.8 Å². The number of amides is 1. The van der Waals surface area contributed by atoms with Crippen LogP contribution in [-0.2, 0) is 16.8 Å². The highest BCUT2D eigenvalue weighted by atomic mass is 35.5. The Morgan fingerprint density at radius 3 is 2.58 bits per heavy atom. The zero-order valence-electron chi connectivity index (χ0n) is 13.3. The molecule has 0 unspecified atom stereocenters. The van der Waals surface area contributed by atoms with E-state index < -0.39 is 11.5 Å². The highest BCUT2D eigenvalue weighted by Gasteiger charge is 2.46. The fourth-order valence-electron chi connectivity index (χ4n) is 2.97. The molecular weight excluding hydrogens is 326 g/mol. The number of halogens is 1. The lowest BCUT2D eigenvalue weighted by Gasteiger charge is -2.20. The minimum absolute atomic E-state index is 0.288. The number of rotatable bonds is 5. The molecule has 24 heavy (non-hydrogen) atoms. The molecule has 0 aromatic heterocycles. The first kappa shape index (κ1) is 16.7. The van der Waals surface area contributed by atoms with Crippen LogP contribution in [0.5, 0.6) is 0 Å². The summed E-state index contributed by atoms with van der Waals surface area (Å²) in [6.07, 6.45) is 1.66. The van der Waals surface area contributed by atoms with Gasteiger partial charge in [-0.05, 0) is 30.2 Å². The summed E-state index contributed by atoms with van der Waals surface area (Å²) in [4.78, 5) is 24.8. The smallest absolute Gasteiger partial charge is 0.261 e. The summed E-state index contributed by atoms with van der Waals surface area (Å²) >= 11 is 5.96. The summed E-state index contributed by atoms with van der Waals surface area (Å²) in [5.74, 6) is -0.890. The van der Waals surface area contributed by atoms with Crippen molar-refractivity contribution < 1.29 is 14.7 Å². The van der Waals surface area contributed by atoms with E-state index in [0.717, 1.165) is 18.4 Å². The molecule has 0 bridgehead atoms. The Labute approximate surface area is 145 Å². The normalized spacial score (nSPS) is 19.0. The van der Waals surface area contributed by atoms with Gasteiger partial charge >= 0.3 is 0 Å². The molecule has 2 N–H and O–H groups in total. The van der Waals surface area contributed by atoms with Crippen LogP contribution in [0.1, 0.15) is 41.3 Å². The van der Waals surface area contributed by atoms with Crippen molar-refractivity contribution in [1.82, 2.24) is 0 Å². The second kappa shape index (κ2) is 6.38. The van der Waals surface area contributed by atoms with Gasteiger partial charge in [-0.1, -0.05) is 49.2 Å². The van der Waals surface area contributed by atoms with Gasteiger partial charge in [0.15, 0.2) is 11.4 Å². The van der Waals surface area contributed by atoms with Crippen LogP contribution in [0.2, 0.25) is 5.02 Å². The van der Waals surface area contributed by atoms with Gasteiger partial charge in [-0.3, -0.25) is 9.59 Å². The summed E-state index contributed by atoms with van der Waals surface area (Å²) in [5.41, 5.74) is 0.573. The third-order valence-electron chi connectivity index (χ3n) is 4.28. The Morgan fingerprint density at radius 2 is 1.92 bits per heavy atom. The number of aliphatic hydroxyl groups is 1. The largest absolute Gasteiger partial charge is 0.375 e. The SMILES string of the molecule is CCCc1ccc(C(=O)C[C@@]2(O)C(=O)Nc3ccc(Cl)cc32)cc1. The maximum Gasteiger partial charge on any atom is 0.261 e. The molecule has 1 amide bonds. The van der Waals surface area contributed by atoms with E-state index in [0.29, 0.717) is 21.8 Å². The molecule has 124 valence electrons. The number of anilines is 1. The average molecular weight is 344 g/mol. The Hall–Kier alpha value is -2.17. The van der Waals surface area contributed by atoms with E-state index in [9.17, 15) is 14.7 Å². The first-order valence-electron chi connectivity index (χ1n) is 7.90. The summed E-state index contributed by atoms with van der Waals surface area (Å²) in [7, 11) is 0. The van der Waals surface area contributed by atoms with Crippen molar-refractivity contribution in [3.63, 3.8) is 0 Å². The predicted molar refractivity (Wildman–Crippen MR) is 93.4 cm³/mol. The lowest BCUT2D eigenvalue weighted by atomic mass is 9.88. The molecule has 0 radical (unpaired) electrons. The molecule has 3 rings (SSSR count). The van der Waals surface area contributed by atoms with Crippen LogP contribution >= 0.6 is 11.6 Å². The van der Waals surface area contributed by atoms with Gasteiger partial charge in [-0.15, -0.1) is 0 Å². The number of nitrogens with one attached hydrogen (secondary N) is 1. The Kier molecular flexibility index (Phi) is 4.43. The van der Waals surface area contributed by atoms with Crippen molar-refractivity contribution >= 4 is 29.0 Å². The van der Waals surface area contributed by atoms with Gasteiger partial charge in [0, 0.05) is 21.8 Å². The number of hydrogen-bond acceptors (Lipinski definition) is 3. The Morgan fingerprint density at radius 1 is 1.21 bits per heavy atom. The lowest BCUT2D eigenvalue weighted by molar-refractivity contribution is -0.133. The minimum Gasteiger partial charge on any atom is -0.375 e. The average Bonchev–Trinajstić information content (AvgIpc) is 2.79. The van der Waals surface area contributed by atoms with Crippen molar-refractivity contribution in [3.05, 3.63) is 64.2 Å². The van der Waals surface area contributed by atoms with E-state index in [2.05, 4.69) is 12.2 Å². The molecule has 0 saturated carbocycles. The summed E-state index contributed by atoms with van der Waals surface area (Å²) in [6, 6.07) is 12.1. The van der Waals surface area contributed by atoms with Gasteiger partial charge in [0.1, 0.15) is 0 Å². The molecule has 5 heteroatoms. The zero-order valence-corrected chi connectivity index (χ0v) is 14.1. The van der Waals surface area contributed by atoms with Crippen LogP contribution in [-0.4, -0.2) is 16.8 Å². The number of fused-ring (bicyclic) bond motifs is 1. The molecule has 1 atom stereocenters. The number of carbonyl (C=O) groups excluding carboxylic acids is 2. The van der Waals surface area contributed by atoms with E-state index in [-0.39, 0.29) is 12.2 Å². The van der Waals surface area contributed by atoms with Crippen molar-refractivity contribution in [2.75, 3.05) is 5.32 Å². The van der Waals surface area contributed by atoms with Gasteiger partial charge in [0.25, 0.3) is 5.91 Å². The quantitative estimate of drug-likeness (QED) is 0.813. The van der Waals surface area contributed by atoms with Crippen molar-refractivity contribution in [1.29, 1.82) is 0 Å². The topological polar surface area (TPSA) is 66.4 Å². The van der Waals surface area contributed by atoms with E-state index in [1.54, 1.807) is 24.3 Å². The molecule has 1 heterocycles. The second-order valence-corrected chi connectivity index (χ2v) is 6.49. The van der Waals surface area contributed by atoms with Crippen molar-refractivity contribution in [3.8, 4) is 0 Å². The van der Waals surface area contributed by atoms with Gasteiger partial charge in [0.2, 0.25) is 0 Å². The molecule has 2 aromatic carbocycles. The molecule has 2 aromatic rings. The number of aryl methyl sites for hydroxylation is 1. The summed E-state index contributed by atoms with van der Waals surface area (Å²) < 4.78 is 0. The molecule has 0 fully saturated rings. The van der Waals surface area contributed by atoms with E-state index in [4.69, 9.17) is 11.6 Å². The minimum atomic E-state index is -1.89. The first-order chi connectivity index (χ1) is 11.4. The molecule has 1 aliphatic rings. The van der Waals surface area contributed by atoms with Gasteiger partial charge < -0.3 is 10.4 Å². The molecule has 1 aliphatic heterocycles. The number of benzene rings is 2. The predicted octanol–water partition coefficient (Wildman–Crippen LogP) is 3.71. The van der Waals surface area contributed by atoms with Crippen LogP contribution in [0.4, 0.5) is 5.69 Å². The molecule has 0 spiro atoms. The van der Waals surface area contributed by atoms with Gasteiger partial charge in [0.05, 0.1) is 6.42 Å². The van der Waals surface area contributed by atoms with Crippen molar-refractivity contribution in [2.24, 2.45) is 0 Å². The second-order valence-electron chi connectivity index (χ2n) is 6.05. The standard InChI is InChI=1S/C19H18ClNO3/c1-2-3-12-4-6-13(7-5-12)17(22)11-19(24)15-10-14(20)8-9-16(15)21-18(19)23/h4-10,24H,2-3,11H2,1H3,(H,21,23)/t19-/m0/s1. The highest BCUT2D eigenvalue weighted by Crippen LogP contribution is 2.40. The van der Waals surface area contributed by atoms with Gasteiger partial charge in [-0.25, -0.2) is 0 Å². The third-order valence-corrected chi connectivity index (χ3v) is 4.52. The number of Topliss-reactive ketones (excluding diaryl/α,β-unsaturated/α-hetero) is 1. The first-order valence-corrected chi connectivity index (χ1v) is 8.28.